The highest BCUT2D eigenvalue weighted by atomic mass is 32.1. The van der Waals surface area contributed by atoms with Crippen LogP contribution in [-0.4, -0.2) is 9.36 Å². The topological polar surface area (TPSA) is 25.8 Å². The fourth-order valence-electron chi connectivity index (χ4n) is 1.17. The molecule has 0 aliphatic carbocycles. The molecule has 2 aromatic rings. The molecule has 3 heteroatoms. The Balaban J connectivity index is 2.34. The molecule has 0 amide bonds. The van der Waals surface area contributed by atoms with Gasteiger partial charge in [0, 0.05) is 11.5 Å². The lowest BCUT2D eigenvalue weighted by molar-refractivity contribution is 0.800. The Labute approximate surface area is 87.8 Å². The second-order valence-electron chi connectivity index (χ2n) is 3.48. The van der Waals surface area contributed by atoms with E-state index in [4.69, 9.17) is 0 Å². The molecule has 1 heterocycles. The summed E-state index contributed by atoms with van der Waals surface area (Å²) < 4.78 is 4.32. The van der Waals surface area contributed by atoms with Gasteiger partial charge < -0.3 is 0 Å². The second-order valence-corrected chi connectivity index (χ2v) is 4.23. The number of hydrogen-bond acceptors (Lipinski definition) is 3. The molecule has 2 rings (SSSR count). The molecule has 0 atom stereocenters. The van der Waals surface area contributed by atoms with E-state index in [-0.39, 0.29) is 0 Å². The van der Waals surface area contributed by atoms with E-state index >= 15 is 0 Å². The lowest BCUT2D eigenvalue weighted by Gasteiger charge is -1.95. The Morgan fingerprint density at radius 1 is 1.14 bits per heavy atom. The summed E-state index contributed by atoms with van der Waals surface area (Å²) in [4.78, 5) is 4.49. The summed E-state index contributed by atoms with van der Waals surface area (Å²) in [5.74, 6) is 1.34. The molecule has 0 bridgehead atoms. The summed E-state index contributed by atoms with van der Waals surface area (Å²) in [5, 5.41) is 1.01. The summed E-state index contributed by atoms with van der Waals surface area (Å²) in [6.45, 7) is 4.22. The van der Waals surface area contributed by atoms with Crippen LogP contribution in [-0.2, 0) is 0 Å². The zero-order chi connectivity index (χ0) is 9.97. The smallest absolute Gasteiger partial charge is 0.145 e. The Morgan fingerprint density at radius 2 is 1.86 bits per heavy atom. The maximum absolute atomic E-state index is 4.49. The van der Waals surface area contributed by atoms with E-state index in [0.29, 0.717) is 5.92 Å². The molecule has 1 aromatic carbocycles. The van der Waals surface area contributed by atoms with Crippen molar-refractivity contribution in [1.82, 2.24) is 9.36 Å². The largest absolute Gasteiger partial charge is 0.219 e. The molecule has 0 aliphatic heterocycles. The standard InChI is InChI=1S/C11H12N2S/c1-8(2)10-12-11(14-13-10)9-6-4-3-5-7-9/h3-8H,1-2H3. The van der Waals surface area contributed by atoms with Gasteiger partial charge in [0.1, 0.15) is 10.8 Å². The van der Waals surface area contributed by atoms with Crippen molar-refractivity contribution in [2.45, 2.75) is 19.8 Å². The van der Waals surface area contributed by atoms with Gasteiger partial charge in [-0.1, -0.05) is 44.2 Å². The van der Waals surface area contributed by atoms with Crippen LogP contribution in [0.15, 0.2) is 30.3 Å². The predicted octanol–water partition coefficient (Wildman–Crippen LogP) is 3.33. The van der Waals surface area contributed by atoms with E-state index in [9.17, 15) is 0 Å². The lowest BCUT2D eigenvalue weighted by atomic mass is 10.2. The first-order valence-electron chi connectivity index (χ1n) is 4.66. The van der Waals surface area contributed by atoms with Crippen LogP contribution < -0.4 is 0 Å². The molecule has 0 unspecified atom stereocenters. The van der Waals surface area contributed by atoms with Crippen molar-refractivity contribution >= 4 is 11.5 Å². The van der Waals surface area contributed by atoms with E-state index in [0.717, 1.165) is 16.4 Å². The van der Waals surface area contributed by atoms with Gasteiger partial charge in [0.15, 0.2) is 0 Å². The number of benzene rings is 1. The van der Waals surface area contributed by atoms with Crippen molar-refractivity contribution in [2.75, 3.05) is 0 Å². The van der Waals surface area contributed by atoms with Crippen molar-refractivity contribution in [3.8, 4) is 10.6 Å². The van der Waals surface area contributed by atoms with E-state index in [1.54, 1.807) is 0 Å². The van der Waals surface area contributed by atoms with E-state index in [1.165, 1.54) is 11.5 Å². The Morgan fingerprint density at radius 3 is 2.43 bits per heavy atom. The zero-order valence-electron chi connectivity index (χ0n) is 8.27. The summed E-state index contributed by atoms with van der Waals surface area (Å²) in [7, 11) is 0. The minimum Gasteiger partial charge on any atom is -0.219 e. The zero-order valence-corrected chi connectivity index (χ0v) is 9.08. The number of rotatable bonds is 2. The van der Waals surface area contributed by atoms with Crippen molar-refractivity contribution < 1.29 is 0 Å². The van der Waals surface area contributed by atoms with Gasteiger partial charge in [-0.15, -0.1) is 0 Å². The molecule has 0 aliphatic rings. The highest BCUT2D eigenvalue weighted by Crippen LogP contribution is 2.23. The Bertz CT molecular complexity index is 406. The molecular formula is C11H12N2S. The quantitative estimate of drug-likeness (QED) is 0.750. The molecular weight excluding hydrogens is 192 g/mol. The third-order valence-electron chi connectivity index (χ3n) is 1.98. The van der Waals surface area contributed by atoms with Gasteiger partial charge in [-0.25, -0.2) is 4.98 Å². The summed E-state index contributed by atoms with van der Waals surface area (Å²) in [6.07, 6.45) is 0. The maximum atomic E-state index is 4.49. The monoisotopic (exact) mass is 204 g/mol. The molecule has 0 spiro atoms. The van der Waals surface area contributed by atoms with Crippen molar-refractivity contribution in [3.63, 3.8) is 0 Å². The lowest BCUT2D eigenvalue weighted by Crippen LogP contribution is -1.89. The van der Waals surface area contributed by atoms with Gasteiger partial charge in [-0.05, 0) is 11.5 Å². The predicted molar refractivity (Wildman–Crippen MR) is 59.4 cm³/mol. The van der Waals surface area contributed by atoms with E-state index < -0.39 is 0 Å². The first-order valence-corrected chi connectivity index (χ1v) is 5.43. The Kier molecular flexibility index (Phi) is 2.59. The van der Waals surface area contributed by atoms with Crippen LogP contribution in [0.3, 0.4) is 0 Å². The first-order chi connectivity index (χ1) is 6.77. The van der Waals surface area contributed by atoms with Gasteiger partial charge in [0.25, 0.3) is 0 Å². The average molecular weight is 204 g/mol. The fourth-order valence-corrected chi connectivity index (χ4v) is 1.97. The third-order valence-corrected chi connectivity index (χ3v) is 2.76. The van der Waals surface area contributed by atoms with Crippen molar-refractivity contribution in [3.05, 3.63) is 36.2 Å². The molecule has 1 aromatic heterocycles. The Hall–Kier alpha value is -1.22. The normalized spacial score (nSPS) is 10.8. The van der Waals surface area contributed by atoms with Crippen LogP contribution in [0.1, 0.15) is 25.6 Å². The molecule has 0 fully saturated rings. The van der Waals surface area contributed by atoms with Gasteiger partial charge >= 0.3 is 0 Å². The molecule has 0 radical (unpaired) electrons. The highest BCUT2D eigenvalue weighted by Gasteiger charge is 2.08. The van der Waals surface area contributed by atoms with Gasteiger partial charge in [0.2, 0.25) is 0 Å². The molecule has 2 nitrogen and oxygen atoms in total. The van der Waals surface area contributed by atoms with Gasteiger partial charge in [-0.2, -0.15) is 4.37 Å². The minimum atomic E-state index is 0.406. The number of hydrogen-bond donors (Lipinski definition) is 0. The average Bonchev–Trinajstić information content (AvgIpc) is 2.68. The first kappa shape index (κ1) is 9.34. The molecule has 14 heavy (non-hydrogen) atoms. The highest BCUT2D eigenvalue weighted by molar-refractivity contribution is 7.09. The van der Waals surface area contributed by atoms with Crippen molar-refractivity contribution in [1.29, 1.82) is 0 Å². The summed E-state index contributed by atoms with van der Waals surface area (Å²) >= 11 is 1.47. The number of aromatic nitrogens is 2. The van der Waals surface area contributed by atoms with Crippen molar-refractivity contribution in [2.24, 2.45) is 0 Å². The maximum Gasteiger partial charge on any atom is 0.145 e. The summed E-state index contributed by atoms with van der Waals surface area (Å²) in [6, 6.07) is 10.2. The van der Waals surface area contributed by atoms with Crippen LogP contribution in [0.4, 0.5) is 0 Å². The molecule has 72 valence electrons. The van der Waals surface area contributed by atoms with E-state index in [1.807, 2.05) is 18.2 Å². The molecule has 0 N–H and O–H groups in total. The third kappa shape index (κ3) is 1.82. The number of nitrogens with zero attached hydrogens (tertiary/aromatic N) is 2. The van der Waals surface area contributed by atoms with Gasteiger partial charge in [-0.3, -0.25) is 0 Å². The summed E-state index contributed by atoms with van der Waals surface area (Å²) in [5.41, 5.74) is 1.15. The fraction of sp³-hybridized carbons (Fsp3) is 0.273. The van der Waals surface area contributed by atoms with Crippen LogP contribution in [0.5, 0.6) is 0 Å². The minimum absolute atomic E-state index is 0.406. The van der Waals surface area contributed by atoms with Crippen LogP contribution >= 0.6 is 11.5 Å². The van der Waals surface area contributed by atoms with Gasteiger partial charge in [0.05, 0.1) is 0 Å². The second kappa shape index (κ2) is 3.88. The van der Waals surface area contributed by atoms with Crippen LogP contribution in [0.2, 0.25) is 0 Å². The van der Waals surface area contributed by atoms with Crippen LogP contribution in [0, 0.1) is 0 Å². The van der Waals surface area contributed by atoms with E-state index in [2.05, 4.69) is 35.3 Å². The molecule has 0 saturated heterocycles. The molecule has 0 saturated carbocycles. The SMILES string of the molecule is CC(C)c1nsc(-c2ccccc2)n1. The van der Waals surface area contributed by atoms with Crippen LogP contribution in [0.25, 0.3) is 10.6 Å².